The summed E-state index contributed by atoms with van der Waals surface area (Å²) in [6.07, 6.45) is 5.62. The number of aromatic nitrogens is 1. The first kappa shape index (κ1) is 18.2. The molecule has 0 saturated carbocycles. The van der Waals surface area contributed by atoms with Crippen molar-refractivity contribution in [1.29, 1.82) is 0 Å². The Kier molecular flexibility index (Phi) is 7.03. The van der Waals surface area contributed by atoms with Crippen molar-refractivity contribution in [3.05, 3.63) is 59.9 Å². The minimum absolute atomic E-state index is 0. The van der Waals surface area contributed by atoms with Gasteiger partial charge in [0.05, 0.1) is 0 Å². The van der Waals surface area contributed by atoms with Crippen LogP contribution in [0.5, 0.6) is 5.75 Å². The molecule has 1 aromatic heterocycles. The van der Waals surface area contributed by atoms with Crippen molar-refractivity contribution in [2.45, 2.75) is 25.5 Å². The van der Waals surface area contributed by atoms with Crippen LogP contribution in [0.25, 0.3) is 0 Å². The zero-order valence-corrected chi connectivity index (χ0v) is 14.2. The minimum Gasteiger partial charge on any atom is -0.489 e. The van der Waals surface area contributed by atoms with E-state index in [0.29, 0.717) is 12.2 Å². The predicted octanol–water partition coefficient (Wildman–Crippen LogP) is 2.56. The molecule has 128 valence electrons. The third-order valence-electron chi connectivity index (χ3n) is 3.90. The fourth-order valence-electron chi connectivity index (χ4n) is 2.59. The van der Waals surface area contributed by atoms with Crippen LogP contribution < -0.4 is 15.4 Å². The zero-order valence-electron chi connectivity index (χ0n) is 13.4. The second-order valence-electron chi connectivity index (χ2n) is 5.69. The summed E-state index contributed by atoms with van der Waals surface area (Å²) in [6.45, 7) is 2.37. The number of carbonyl (C=O) groups is 1. The Morgan fingerprint density at radius 2 is 1.96 bits per heavy atom. The molecule has 0 aliphatic carbocycles. The number of hydrogen-bond acceptors (Lipinski definition) is 4. The molecular weight excluding hydrogens is 326 g/mol. The fourth-order valence-corrected chi connectivity index (χ4v) is 2.59. The number of carbonyl (C=O) groups excluding carboxylic acids is 1. The lowest BCUT2D eigenvalue weighted by molar-refractivity contribution is 0.0930. The molecule has 24 heavy (non-hydrogen) atoms. The Labute approximate surface area is 148 Å². The maximum Gasteiger partial charge on any atom is 0.251 e. The summed E-state index contributed by atoms with van der Waals surface area (Å²) < 4.78 is 5.71. The van der Waals surface area contributed by atoms with Gasteiger partial charge < -0.3 is 15.4 Å². The van der Waals surface area contributed by atoms with Crippen molar-refractivity contribution >= 4 is 18.3 Å². The molecule has 6 heteroatoms. The van der Waals surface area contributed by atoms with Crippen molar-refractivity contribution < 1.29 is 9.53 Å². The molecule has 0 bridgehead atoms. The molecule has 0 unspecified atom stereocenters. The number of piperidine rings is 1. The van der Waals surface area contributed by atoms with E-state index >= 15 is 0 Å². The molecule has 1 aromatic carbocycles. The largest absolute Gasteiger partial charge is 0.489 e. The van der Waals surface area contributed by atoms with Crippen molar-refractivity contribution in [2.75, 3.05) is 13.1 Å². The first-order valence-corrected chi connectivity index (χ1v) is 7.94. The molecule has 3 rings (SSSR count). The summed E-state index contributed by atoms with van der Waals surface area (Å²) in [5, 5.41) is 6.36. The summed E-state index contributed by atoms with van der Waals surface area (Å²) in [4.78, 5) is 16.2. The molecule has 2 aromatic rings. The van der Waals surface area contributed by atoms with E-state index < -0.39 is 0 Å². The second-order valence-corrected chi connectivity index (χ2v) is 5.69. The molecule has 5 nitrogen and oxygen atoms in total. The molecule has 1 aliphatic heterocycles. The SMILES string of the molecule is Cl.O=C(N[C@H]1CCCNC1)c1ccc(OCc2ccncc2)cc1. The van der Waals surface area contributed by atoms with Gasteiger partial charge in [0.15, 0.2) is 0 Å². The number of pyridine rings is 1. The van der Waals surface area contributed by atoms with E-state index in [9.17, 15) is 4.79 Å². The number of nitrogens with zero attached hydrogens (tertiary/aromatic N) is 1. The third-order valence-corrected chi connectivity index (χ3v) is 3.90. The van der Waals surface area contributed by atoms with Crippen LogP contribution in [-0.2, 0) is 6.61 Å². The van der Waals surface area contributed by atoms with Gasteiger partial charge in [-0.05, 0) is 61.3 Å². The monoisotopic (exact) mass is 347 g/mol. The number of ether oxygens (including phenoxy) is 1. The lowest BCUT2D eigenvalue weighted by Crippen LogP contribution is -2.45. The van der Waals surface area contributed by atoms with E-state index in [1.165, 1.54) is 0 Å². The Morgan fingerprint density at radius 3 is 2.62 bits per heavy atom. The molecular formula is C18H22ClN3O2. The Hall–Kier alpha value is -2.11. The molecule has 1 aliphatic rings. The highest BCUT2D eigenvalue weighted by molar-refractivity contribution is 5.94. The van der Waals surface area contributed by atoms with Crippen LogP contribution in [0, 0.1) is 0 Å². The van der Waals surface area contributed by atoms with Crippen LogP contribution in [0.2, 0.25) is 0 Å². The number of hydrogen-bond donors (Lipinski definition) is 2. The molecule has 0 radical (unpaired) electrons. The maximum atomic E-state index is 12.2. The first-order valence-electron chi connectivity index (χ1n) is 7.94. The molecule has 1 fully saturated rings. The summed E-state index contributed by atoms with van der Waals surface area (Å²) >= 11 is 0. The van der Waals surface area contributed by atoms with Crippen molar-refractivity contribution in [1.82, 2.24) is 15.6 Å². The molecule has 1 saturated heterocycles. The predicted molar refractivity (Wildman–Crippen MR) is 95.6 cm³/mol. The standard InChI is InChI=1S/C18H21N3O2.ClH/c22-18(21-16-2-1-9-20-12-16)15-3-5-17(6-4-15)23-13-14-7-10-19-11-8-14;/h3-8,10-11,16,20H,1-2,9,12-13H2,(H,21,22);1H/t16-;/m0./s1. The summed E-state index contributed by atoms with van der Waals surface area (Å²) in [7, 11) is 0. The van der Waals surface area contributed by atoms with E-state index in [4.69, 9.17) is 4.74 Å². The first-order chi connectivity index (χ1) is 11.3. The Morgan fingerprint density at radius 1 is 1.21 bits per heavy atom. The highest BCUT2D eigenvalue weighted by atomic mass is 35.5. The summed E-state index contributed by atoms with van der Waals surface area (Å²) in [6, 6.07) is 11.3. The van der Waals surface area contributed by atoms with Gasteiger partial charge in [0.2, 0.25) is 0 Å². The smallest absolute Gasteiger partial charge is 0.251 e. The molecule has 2 heterocycles. The number of halogens is 1. The number of rotatable bonds is 5. The van der Waals surface area contributed by atoms with Crippen LogP contribution >= 0.6 is 12.4 Å². The Balaban J connectivity index is 0.00000208. The van der Waals surface area contributed by atoms with Crippen LogP contribution in [0.4, 0.5) is 0 Å². The topological polar surface area (TPSA) is 63.2 Å². The highest BCUT2D eigenvalue weighted by Crippen LogP contribution is 2.14. The Bertz CT molecular complexity index is 628. The van der Waals surface area contributed by atoms with E-state index in [0.717, 1.165) is 37.2 Å². The van der Waals surface area contributed by atoms with Gasteiger partial charge in [-0.3, -0.25) is 9.78 Å². The number of nitrogens with one attached hydrogen (secondary N) is 2. The van der Waals surface area contributed by atoms with E-state index in [1.54, 1.807) is 24.5 Å². The van der Waals surface area contributed by atoms with Gasteiger partial charge in [-0.25, -0.2) is 0 Å². The van der Waals surface area contributed by atoms with E-state index in [-0.39, 0.29) is 24.4 Å². The summed E-state index contributed by atoms with van der Waals surface area (Å²) in [5.41, 5.74) is 1.72. The third kappa shape index (κ3) is 5.22. The van der Waals surface area contributed by atoms with Gasteiger partial charge in [-0.15, -0.1) is 12.4 Å². The summed E-state index contributed by atoms with van der Waals surface area (Å²) in [5.74, 6) is 0.720. The molecule has 1 atom stereocenters. The average Bonchev–Trinajstić information content (AvgIpc) is 2.62. The van der Waals surface area contributed by atoms with Crippen LogP contribution in [0.15, 0.2) is 48.8 Å². The van der Waals surface area contributed by atoms with Gasteiger partial charge in [0.25, 0.3) is 5.91 Å². The lowest BCUT2D eigenvalue weighted by Gasteiger charge is -2.23. The molecule has 2 N–H and O–H groups in total. The van der Waals surface area contributed by atoms with Crippen molar-refractivity contribution in [3.8, 4) is 5.75 Å². The van der Waals surface area contributed by atoms with Crippen LogP contribution in [0.1, 0.15) is 28.8 Å². The van der Waals surface area contributed by atoms with Crippen molar-refractivity contribution in [3.63, 3.8) is 0 Å². The normalized spacial score (nSPS) is 16.8. The van der Waals surface area contributed by atoms with Gasteiger partial charge in [0.1, 0.15) is 12.4 Å². The maximum absolute atomic E-state index is 12.2. The number of amides is 1. The van der Waals surface area contributed by atoms with Gasteiger partial charge >= 0.3 is 0 Å². The fraction of sp³-hybridized carbons (Fsp3) is 0.333. The quantitative estimate of drug-likeness (QED) is 0.872. The van der Waals surface area contributed by atoms with E-state index in [1.807, 2.05) is 24.3 Å². The zero-order chi connectivity index (χ0) is 15.9. The van der Waals surface area contributed by atoms with Gasteiger partial charge in [0, 0.05) is 30.5 Å². The van der Waals surface area contributed by atoms with E-state index in [2.05, 4.69) is 15.6 Å². The minimum atomic E-state index is -0.0283. The van der Waals surface area contributed by atoms with Gasteiger partial charge in [-0.1, -0.05) is 0 Å². The second kappa shape index (κ2) is 9.25. The lowest BCUT2D eigenvalue weighted by atomic mass is 10.1. The molecule has 1 amide bonds. The van der Waals surface area contributed by atoms with Crippen molar-refractivity contribution in [2.24, 2.45) is 0 Å². The van der Waals surface area contributed by atoms with Crippen LogP contribution in [-0.4, -0.2) is 30.0 Å². The number of benzene rings is 1. The van der Waals surface area contributed by atoms with Gasteiger partial charge in [-0.2, -0.15) is 0 Å². The highest BCUT2D eigenvalue weighted by Gasteiger charge is 2.16. The molecule has 0 spiro atoms. The van der Waals surface area contributed by atoms with Crippen LogP contribution in [0.3, 0.4) is 0 Å². The average molecular weight is 348 g/mol.